The molecule has 0 saturated heterocycles. The molecule has 1 atom stereocenters. The lowest BCUT2D eigenvalue weighted by molar-refractivity contribution is 0.0624. The molecular formula is C17H21NO3. The largest absolute Gasteiger partial charge is 0.491 e. The highest BCUT2D eigenvalue weighted by molar-refractivity contribution is 5.43. The highest BCUT2D eigenvalue weighted by atomic mass is 16.5. The second-order valence-electron chi connectivity index (χ2n) is 5.12. The molecule has 112 valence electrons. The summed E-state index contributed by atoms with van der Waals surface area (Å²) in [4.78, 5) is 0. The number of nitrogen functional groups attached to an aromatic ring is 1. The van der Waals surface area contributed by atoms with Crippen LogP contribution in [0.25, 0.3) is 0 Å². The van der Waals surface area contributed by atoms with Gasteiger partial charge in [-0.25, -0.2) is 0 Å². The van der Waals surface area contributed by atoms with Gasteiger partial charge in [0.2, 0.25) is 0 Å². The average molecular weight is 287 g/mol. The van der Waals surface area contributed by atoms with Gasteiger partial charge in [-0.3, -0.25) is 0 Å². The first kappa shape index (κ1) is 15.2. The topological polar surface area (TPSA) is 64.7 Å². The van der Waals surface area contributed by atoms with Gasteiger partial charge in [-0.1, -0.05) is 18.2 Å². The van der Waals surface area contributed by atoms with Crippen molar-refractivity contribution in [3.8, 4) is 11.5 Å². The third-order valence-corrected chi connectivity index (χ3v) is 3.08. The maximum absolute atomic E-state index is 9.92. The van der Waals surface area contributed by atoms with Crippen molar-refractivity contribution >= 4 is 5.69 Å². The highest BCUT2D eigenvalue weighted by Crippen LogP contribution is 2.19. The normalized spacial score (nSPS) is 12.0. The van der Waals surface area contributed by atoms with Crippen LogP contribution in [0.2, 0.25) is 0 Å². The Kier molecular flexibility index (Phi) is 5.06. The molecule has 4 heteroatoms. The third-order valence-electron chi connectivity index (χ3n) is 3.08. The summed E-state index contributed by atoms with van der Waals surface area (Å²) < 4.78 is 11.1. The Morgan fingerprint density at radius 2 is 1.81 bits per heavy atom. The van der Waals surface area contributed by atoms with Crippen LogP contribution in [0, 0.1) is 13.8 Å². The molecule has 0 fully saturated rings. The van der Waals surface area contributed by atoms with Gasteiger partial charge < -0.3 is 20.3 Å². The SMILES string of the molecule is Cc1ccc(C)c(OCC(O)COc2cccc(N)c2)c1. The van der Waals surface area contributed by atoms with Crippen LogP contribution in [-0.4, -0.2) is 24.4 Å². The Morgan fingerprint density at radius 1 is 1.05 bits per heavy atom. The molecule has 0 radical (unpaired) electrons. The van der Waals surface area contributed by atoms with Crippen LogP contribution in [-0.2, 0) is 0 Å². The van der Waals surface area contributed by atoms with E-state index in [0.717, 1.165) is 16.9 Å². The van der Waals surface area contributed by atoms with E-state index in [1.165, 1.54) is 0 Å². The van der Waals surface area contributed by atoms with Crippen LogP contribution < -0.4 is 15.2 Å². The monoisotopic (exact) mass is 287 g/mol. The van der Waals surface area contributed by atoms with E-state index in [0.29, 0.717) is 11.4 Å². The van der Waals surface area contributed by atoms with E-state index in [2.05, 4.69) is 0 Å². The Labute approximate surface area is 125 Å². The standard InChI is InChI=1S/C17H21NO3/c1-12-6-7-13(2)17(8-12)21-11-15(19)10-20-16-5-3-4-14(18)9-16/h3-9,15,19H,10-11,18H2,1-2H3. The third kappa shape index (κ3) is 4.68. The van der Waals surface area contributed by atoms with E-state index < -0.39 is 6.10 Å². The summed E-state index contributed by atoms with van der Waals surface area (Å²) in [5.41, 5.74) is 8.47. The van der Waals surface area contributed by atoms with Crippen LogP contribution in [0.1, 0.15) is 11.1 Å². The van der Waals surface area contributed by atoms with Crippen LogP contribution in [0.5, 0.6) is 11.5 Å². The summed E-state index contributed by atoms with van der Waals surface area (Å²) >= 11 is 0. The van der Waals surface area contributed by atoms with Crippen molar-refractivity contribution in [1.29, 1.82) is 0 Å². The molecular weight excluding hydrogens is 266 g/mol. The summed E-state index contributed by atoms with van der Waals surface area (Å²) in [6, 6.07) is 13.1. The van der Waals surface area contributed by atoms with E-state index in [4.69, 9.17) is 15.2 Å². The maximum atomic E-state index is 9.92. The smallest absolute Gasteiger partial charge is 0.122 e. The van der Waals surface area contributed by atoms with Gasteiger partial charge in [0.05, 0.1) is 0 Å². The molecule has 0 bridgehead atoms. The zero-order valence-corrected chi connectivity index (χ0v) is 12.4. The Balaban J connectivity index is 1.82. The fraction of sp³-hybridized carbons (Fsp3) is 0.294. The van der Waals surface area contributed by atoms with Crippen LogP contribution in [0.3, 0.4) is 0 Å². The van der Waals surface area contributed by atoms with Gasteiger partial charge >= 0.3 is 0 Å². The van der Waals surface area contributed by atoms with Gasteiger partial charge in [0.25, 0.3) is 0 Å². The summed E-state index contributed by atoms with van der Waals surface area (Å²) in [5, 5.41) is 9.92. The van der Waals surface area contributed by atoms with Crippen LogP contribution in [0.15, 0.2) is 42.5 Å². The van der Waals surface area contributed by atoms with E-state index >= 15 is 0 Å². The number of nitrogens with two attached hydrogens (primary N) is 1. The molecule has 0 saturated carbocycles. The minimum atomic E-state index is -0.702. The maximum Gasteiger partial charge on any atom is 0.122 e. The van der Waals surface area contributed by atoms with Crippen molar-refractivity contribution < 1.29 is 14.6 Å². The average Bonchev–Trinajstić information content (AvgIpc) is 2.46. The molecule has 0 aliphatic heterocycles. The summed E-state index contributed by atoms with van der Waals surface area (Å²) in [7, 11) is 0. The highest BCUT2D eigenvalue weighted by Gasteiger charge is 2.08. The molecule has 0 amide bonds. The summed E-state index contributed by atoms with van der Waals surface area (Å²) in [6.45, 7) is 4.33. The van der Waals surface area contributed by atoms with Crippen molar-refractivity contribution in [3.63, 3.8) is 0 Å². The second kappa shape index (κ2) is 6.99. The van der Waals surface area contributed by atoms with Gasteiger partial charge in [-0.2, -0.15) is 0 Å². The van der Waals surface area contributed by atoms with Crippen molar-refractivity contribution in [3.05, 3.63) is 53.6 Å². The molecule has 4 nitrogen and oxygen atoms in total. The fourth-order valence-corrected chi connectivity index (χ4v) is 1.89. The molecule has 21 heavy (non-hydrogen) atoms. The predicted molar refractivity (Wildman–Crippen MR) is 83.8 cm³/mol. The first-order valence-electron chi connectivity index (χ1n) is 6.91. The lowest BCUT2D eigenvalue weighted by Crippen LogP contribution is -2.25. The molecule has 1 unspecified atom stereocenters. The van der Waals surface area contributed by atoms with Crippen molar-refractivity contribution in [2.75, 3.05) is 18.9 Å². The van der Waals surface area contributed by atoms with Gasteiger partial charge in [-0.15, -0.1) is 0 Å². The zero-order chi connectivity index (χ0) is 15.2. The molecule has 2 rings (SSSR count). The second-order valence-corrected chi connectivity index (χ2v) is 5.12. The molecule has 2 aromatic carbocycles. The number of aryl methyl sites for hydroxylation is 2. The van der Waals surface area contributed by atoms with Crippen molar-refractivity contribution in [1.82, 2.24) is 0 Å². The lowest BCUT2D eigenvalue weighted by atomic mass is 10.1. The molecule has 0 spiro atoms. The van der Waals surface area contributed by atoms with E-state index in [9.17, 15) is 5.11 Å². The molecule has 0 aliphatic rings. The van der Waals surface area contributed by atoms with E-state index in [1.54, 1.807) is 18.2 Å². The van der Waals surface area contributed by atoms with Gasteiger partial charge in [0, 0.05) is 11.8 Å². The number of aliphatic hydroxyl groups excluding tert-OH is 1. The molecule has 3 N–H and O–H groups in total. The minimum Gasteiger partial charge on any atom is -0.491 e. The Hall–Kier alpha value is -2.20. The quantitative estimate of drug-likeness (QED) is 0.802. The van der Waals surface area contributed by atoms with Crippen LogP contribution >= 0.6 is 0 Å². The molecule has 0 aliphatic carbocycles. The first-order valence-corrected chi connectivity index (χ1v) is 6.91. The number of ether oxygens (including phenoxy) is 2. The summed E-state index contributed by atoms with van der Waals surface area (Å²) in [5.74, 6) is 1.43. The van der Waals surface area contributed by atoms with Gasteiger partial charge in [0.1, 0.15) is 30.8 Å². The zero-order valence-electron chi connectivity index (χ0n) is 12.4. The van der Waals surface area contributed by atoms with Crippen molar-refractivity contribution in [2.45, 2.75) is 20.0 Å². The molecule has 0 aromatic heterocycles. The number of anilines is 1. The number of benzene rings is 2. The van der Waals surface area contributed by atoms with Gasteiger partial charge in [-0.05, 0) is 43.2 Å². The number of hydrogen-bond acceptors (Lipinski definition) is 4. The van der Waals surface area contributed by atoms with E-state index in [1.807, 2.05) is 38.1 Å². The van der Waals surface area contributed by atoms with Crippen LogP contribution in [0.4, 0.5) is 5.69 Å². The van der Waals surface area contributed by atoms with E-state index in [-0.39, 0.29) is 13.2 Å². The number of hydrogen-bond donors (Lipinski definition) is 2. The van der Waals surface area contributed by atoms with Gasteiger partial charge in [0.15, 0.2) is 0 Å². The number of aliphatic hydroxyl groups is 1. The minimum absolute atomic E-state index is 0.161. The molecule has 0 heterocycles. The predicted octanol–water partition coefficient (Wildman–Crippen LogP) is 2.70. The first-order chi connectivity index (χ1) is 10.0. The fourth-order valence-electron chi connectivity index (χ4n) is 1.89. The Bertz CT molecular complexity index is 598. The summed E-state index contributed by atoms with van der Waals surface area (Å²) in [6.07, 6.45) is -0.702. The lowest BCUT2D eigenvalue weighted by Gasteiger charge is -2.15. The Morgan fingerprint density at radius 3 is 2.57 bits per heavy atom. The molecule has 2 aromatic rings. The number of rotatable bonds is 6. The van der Waals surface area contributed by atoms with Crippen molar-refractivity contribution in [2.24, 2.45) is 0 Å².